The van der Waals surface area contributed by atoms with Crippen molar-refractivity contribution in [1.82, 2.24) is 9.55 Å². The molecule has 0 radical (unpaired) electrons. The maximum atomic E-state index is 12.8. The van der Waals surface area contributed by atoms with Gasteiger partial charge >= 0.3 is 5.69 Å². The van der Waals surface area contributed by atoms with E-state index >= 15 is 0 Å². The van der Waals surface area contributed by atoms with Gasteiger partial charge in [0.1, 0.15) is 0 Å². The molecule has 0 aliphatic rings. The standard InChI is InChI=1S/C26H22N2O4/c1-31-24-14-12-18(15-25(24)32-2)11-13-23(29)20-9-6-10-21(16-20)28-17-22(27-26(28)30)19-7-4-3-5-8-19/h3-17H,1-2H3,(H,27,30)/b13-11+. The Morgan fingerprint density at radius 2 is 1.69 bits per heavy atom. The average molecular weight is 426 g/mol. The van der Waals surface area contributed by atoms with Crippen molar-refractivity contribution >= 4 is 11.9 Å². The molecule has 0 unspecified atom stereocenters. The second-order valence-corrected chi connectivity index (χ2v) is 7.07. The van der Waals surface area contributed by atoms with Crippen LogP contribution in [0.5, 0.6) is 11.5 Å². The Morgan fingerprint density at radius 1 is 0.906 bits per heavy atom. The number of imidazole rings is 1. The van der Waals surface area contributed by atoms with Gasteiger partial charge in [-0.2, -0.15) is 0 Å². The van der Waals surface area contributed by atoms with Gasteiger partial charge in [-0.05, 0) is 41.5 Å². The minimum Gasteiger partial charge on any atom is -0.493 e. The van der Waals surface area contributed by atoms with E-state index in [2.05, 4.69) is 4.98 Å². The monoisotopic (exact) mass is 426 g/mol. The van der Waals surface area contributed by atoms with Gasteiger partial charge in [-0.15, -0.1) is 0 Å². The predicted molar refractivity (Wildman–Crippen MR) is 125 cm³/mol. The first kappa shape index (κ1) is 20.9. The van der Waals surface area contributed by atoms with E-state index in [-0.39, 0.29) is 11.5 Å². The molecule has 1 aromatic heterocycles. The number of methoxy groups -OCH3 is 2. The van der Waals surface area contributed by atoms with Crippen molar-refractivity contribution in [1.29, 1.82) is 0 Å². The van der Waals surface area contributed by atoms with Crippen LogP contribution in [0.25, 0.3) is 23.0 Å². The Balaban J connectivity index is 1.58. The number of aromatic nitrogens is 2. The number of hydrogen-bond donors (Lipinski definition) is 1. The first-order valence-corrected chi connectivity index (χ1v) is 10.0. The maximum absolute atomic E-state index is 12.8. The van der Waals surface area contributed by atoms with Crippen LogP contribution in [0.2, 0.25) is 0 Å². The molecule has 0 atom stereocenters. The van der Waals surface area contributed by atoms with E-state index in [0.29, 0.717) is 28.4 Å². The van der Waals surface area contributed by atoms with Gasteiger partial charge in [0, 0.05) is 11.8 Å². The molecule has 160 valence electrons. The van der Waals surface area contributed by atoms with Gasteiger partial charge in [-0.3, -0.25) is 9.36 Å². The van der Waals surface area contributed by atoms with Crippen molar-refractivity contribution in [2.24, 2.45) is 0 Å². The van der Waals surface area contributed by atoms with Crippen LogP contribution in [0.15, 0.2) is 89.9 Å². The zero-order chi connectivity index (χ0) is 22.5. The van der Waals surface area contributed by atoms with Crippen molar-refractivity contribution in [2.45, 2.75) is 0 Å². The van der Waals surface area contributed by atoms with Gasteiger partial charge in [0.25, 0.3) is 0 Å². The number of ketones is 1. The highest BCUT2D eigenvalue weighted by Crippen LogP contribution is 2.28. The van der Waals surface area contributed by atoms with E-state index in [9.17, 15) is 9.59 Å². The van der Waals surface area contributed by atoms with Gasteiger partial charge in [-0.25, -0.2) is 4.79 Å². The highest BCUT2D eigenvalue weighted by Gasteiger charge is 2.10. The van der Waals surface area contributed by atoms with Crippen LogP contribution < -0.4 is 15.2 Å². The summed E-state index contributed by atoms with van der Waals surface area (Å²) in [6.07, 6.45) is 4.95. The molecule has 3 aromatic carbocycles. The van der Waals surface area contributed by atoms with Crippen LogP contribution in [-0.4, -0.2) is 29.6 Å². The second-order valence-electron chi connectivity index (χ2n) is 7.07. The molecule has 0 bridgehead atoms. The lowest BCUT2D eigenvalue weighted by Crippen LogP contribution is -2.14. The summed E-state index contributed by atoms with van der Waals surface area (Å²) in [7, 11) is 3.14. The molecule has 4 rings (SSSR count). The molecule has 0 aliphatic heterocycles. The molecule has 6 heteroatoms. The summed E-state index contributed by atoms with van der Waals surface area (Å²) in [5.74, 6) is 1.04. The number of H-pyrrole nitrogens is 1. The Labute approximate surface area is 185 Å². The molecule has 0 aliphatic carbocycles. The van der Waals surface area contributed by atoms with Crippen LogP contribution in [0.4, 0.5) is 0 Å². The van der Waals surface area contributed by atoms with Crippen LogP contribution in [-0.2, 0) is 0 Å². The molecule has 6 nitrogen and oxygen atoms in total. The smallest absolute Gasteiger partial charge is 0.330 e. The first-order chi connectivity index (χ1) is 15.6. The summed E-state index contributed by atoms with van der Waals surface area (Å²) in [5, 5.41) is 0. The molecular formula is C26H22N2O4. The summed E-state index contributed by atoms with van der Waals surface area (Å²) >= 11 is 0. The SMILES string of the molecule is COc1ccc(/C=C/C(=O)c2cccc(-n3cc(-c4ccccc4)[nH]c3=O)c2)cc1OC. The Hall–Kier alpha value is -4.32. The Bertz CT molecular complexity index is 1330. The van der Waals surface area contributed by atoms with Crippen LogP contribution in [0.3, 0.4) is 0 Å². The molecule has 0 spiro atoms. The third-order valence-corrected chi connectivity index (χ3v) is 5.05. The number of carbonyl (C=O) groups is 1. The molecular weight excluding hydrogens is 404 g/mol. The number of carbonyl (C=O) groups excluding carboxylic acids is 1. The lowest BCUT2D eigenvalue weighted by atomic mass is 10.1. The van der Waals surface area contributed by atoms with E-state index in [1.807, 2.05) is 36.4 Å². The molecule has 0 fully saturated rings. The lowest BCUT2D eigenvalue weighted by Gasteiger charge is -2.07. The summed E-state index contributed by atoms with van der Waals surface area (Å²) < 4.78 is 12.0. The first-order valence-electron chi connectivity index (χ1n) is 10.0. The highest BCUT2D eigenvalue weighted by molar-refractivity contribution is 6.07. The molecule has 0 amide bonds. The van der Waals surface area contributed by atoms with E-state index < -0.39 is 0 Å². The van der Waals surface area contributed by atoms with Gasteiger partial charge in [0.15, 0.2) is 17.3 Å². The van der Waals surface area contributed by atoms with Gasteiger partial charge in [-0.1, -0.05) is 54.6 Å². The fourth-order valence-corrected chi connectivity index (χ4v) is 3.39. The molecule has 1 heterocycles. The van der Waals surface area contributed by atoms with E-state index in [1.54, 1.807) is 62.9 Å². The second kappa shape index (κ2) is 9.22. The summed E-state index contributed by atoms with van der Waals surface area (Å²) in [6.45, 7) is 0. The number of allylic oxidation sites excluding steroid dienone is 1. The number of nitrogens with one attached hydrogen (secondary N) is 1. The Kier molecular flexibility index (Phi) is 6.03. The largest absolute Gasteiger partial charge is 0.493 e. The number of aromatic amines is 1. The van der Waals surface area contributed by atoms with Crippen LogP contribution in [0, 0.1) is 0 Å². The molecule has 1 N–H and O–H groups in total. The van der Waals surface area contributed by atoms with Crippen molar-refractivity contribution in [3.05, 3.63) is 107 Å². The quantitative estimate of drug-likeness (QED) is 0.342. The number of nitrogens with zero attached hydrogens (tertiary/aromatic N) is 1. The number of ether oxygens (including phenoxy) is 2. The van der Waals surface area contributed by atoms with E-state index in [0.717, 1.165) is 11.1 Å². The third-order valence-electron chi connectivity index (χ3n) is 5.05. The van der Waals surface area contributed by atoms with Gasteiger partial charge in [0.2, 0.25) is 0 Å². The summed E-state index contributed by atoms with van der Waals surface area (Å²) in [5.41, 5.74) is 3.25. The maximum Gasteiger partial charge on any atom is 0.330 e. The third kappa shape index (κ3) is 4.39. The summed E-state index contributed by atoms with van der Waals surface area (Å²) in [4.78, 5) is 28.1. The zero-order valence-corrected chi connectivity index (χ0v) is 17.7. The lowest BCUT2D eigenvalue weighted by molar-refractivity contribution is 0.104. The van der Waals surface area contributed by atoms with Crippen LogP contribution >= 0.6 is 0 Å². The Morgan fingerprint density at radius 3 is 2.44 bits per heavy atom. The summed E-state index contributed by atoms with van der Waals surface area (Å²) in [6, 6.07) is 22.0. The number of hydrogen-bond acceptors (Lipinski definition) is 4. The minimum absolute atomic E-state index is 0.173. The topological polar surface area (TPSA) is 73.3 Å². The molecule has 32 heavy (non-hydrogen) atoms. The van der Waals surface area contributed by atoms with Crippen molar-refractivity contribution in [3.8, 4) is 28.4 Å². The highest BCUT2D eigenvalue weighted by atomic mass is 16.5. The fraction of sp³-hybridized carbons (Fsp3) is 0.0769. The normalized spacial score (nSPS) is 10.9. The molecule has 4 aromatic rings. The number of benzene rings is 3. The van der Waals surface area contributed by atoms with Crippen molar-refractivity contribution < 1.29 is 14.3 Å². The van der Waals surface area contributed by atoms with E-state index in [1.165, 1.54) is 10.6 Å². The van der Waals surface area contributed by atoms with Crippen molar-refractivity contribution in [3.63, 3.8) is 0 Å². The van der Waals surface area contributed by atoms with Crippen molar-refractivity contribution in [2.75, 3.05) is 14.2 Å². The van der Waals surface area contributed by atoms with Crippen LogP contribution in [0.1, 0.15) is 15.9 Å². The molecule has 0 saturated heterocycles. The molecule has 0 saturated carbocycles. The van der Waals surface area contributed by atoms with E-state index in [4.69, 9.17) is 9.47 Å². The zero-order valence-electron chi connectivity index (χ0n) is 17.7. The van der Waals surface area contributed by atoms with Gasteiger partial charge in [0.05, 0.1) is 25.6 Å². The number of rotatable bonds is 7. The average Bonchev–Trinajstić information content (AvgIpc) is 3.24. The minimum atomic E-state index is -0.269. The predicted octanol–water partition coefficient (Wildman–Crippen LogP) is 4.75. The fourth-order valence-electron chi connectivity index (χ4n) is 3.39. The van der Waals surface area contributed by atoms with Gasteiger partial charge < -0.3 is 14.5 Å².